The van der Waals surface area contributed by atoms with Crippen molar-refractivity contribution >= 4 is 0 Å². The Morgan fingerprint density at radius 2 is 1.69 bits per heavy atom. The summed E-state index contributed by atoms with van der Waals surface area (Å²) in [4.78, 5) is 4.74. The van der Waals surface area contributed by atoms with E-state index in [1.807, 2.05) is 0 Å². The summed E-state index contributed by atoms with van der Waals surface area (Å²) in [7, 11) is 0. The van der Waals surface area contributed by atoms with Crippen molar-refractivity contribution in [2.24, 2.45) is 11.8 Å². The fourth-order valence-electron chi connectivity index (χ4n) is 2.79. The quantitative estimate of drug-likeness (QED) is 0.641. The van der Waals surface area contributed by atoms with E-state index in [1.54, 1.807) is 0 Å². The molecule has 78 valence electrons. The van der Waals surface area contributed by atoms with Crippen molar-refractivity contribution in [3.8, 4) is 0 Å². The molecule has 1 saturated heterocycles. The molecule has 1 rings (SSSR count). The maximum atomic E-state index is 5.12. The average molecular weight is 186 g/mol. The van der Waals surface area contributed by atoms with Crippen molar-refractivity contribution < 1.29 is 4.84 Å². The van der Waals surface area contributed by atoms with Gasteiger partial charge in [-0.25, -0.2) is 5.90 Å². The highest BCUT2D eigenvalue weighted by Gasteiger charge is 2.37. The Bertz CT molecular complexity index is 162. The Labute approximate surface area is 81.0 Å². The van der Waals surface area contributed by atoms with Crippen LogP contribution < -0.4 is 11.2 Å². The first-order chi connectivity index (χ1) is 5.85. The van der Waals surface area contributed by atoms with Crippen LogP contribution in [-0.2, 0) is 4.84 Å². The van der Waals surface area contributed by atoms with E-state index in [9.17, 15) is 0 Å². The highest BCUT2D eigenvalue weighted by molar-refractivity contribution is 4.96. The molecule has 0 aromatic heterocycles. The molecule has 0 saturated carbocycles. The smallest absolute Gasteiger partial charge is 0.0708 e. The summed E-state index contributed by atoms with van der Waals surface area (Å²) in [6, 6.07) is 0. The van der Waals surface area contributed by atoms with Gasteiger partial charge in [0.1, 0.15) is 0 Å². The van der Waals surface area contributed by atoms with Gasteiger partial charge in [-0.05, 0) is 46.5 Å². The second-order valence-electron chi connectivity index (χ2n) is 5.50. The van der Waals surface area contributed by atoms with Crippen LogP contribution in [0.2, 0.25) is 0 Å². The van der Waals surface area contributed by atoms with Gasteiger partial charge in [0.2, 0.25) is 0 Å². The summed E-state index contributed by atoms with van der Waals surface area (Å²) in [5.74, 6) is 5.70. The maximum Gasteiger partial charge on any atom is 0.0708 e. The van der Waals surface area contributed by atoms with E-state index < -0.39 is 0 Å². The van der Waals surface area contributed by atoms with Gasteiger partial charge in [-0.1, -0.05) is 0 Å². The van der Waals surface area contributed by atoms with Gasteiger partial charge in [-0.2, -0.15) is 0 Å². The maximum absolute atomic E-state index is 5.12. The van der Waals surface area contributed by atoms with E-state index in [0.717, 1.165) is 12.8 Å². The average Bonchev–Trinajstić information content (AvgIpc) is 1.78. The van der Waals surface area contributed by atoms with Gasteiger partial charge in [0.15, 0.2) is 0 Å². The van der Waals surface area contributed by atoms with Crippen LogP contribution >= 0.6 is 0 Å². The third kappa shape index (κ3) is 3.25. The molecule has 0 aromatic rings. The number of hydrogen-bond acceptors (Lipinski definition) is 3. The molecule has 0 aromatic carbocycles. The van der Waals surface area contributed by atoms with Crippen LogP contribution in [0.25, 0.3) is 0 Å². The predicted octanol–water partition coefficient (Wildman–Crippen LogP) is 1.43. The molecule has 0 radical (unpaired) electrons. The highest BCUT2D eigenvalue weighted by Crippen LogP contribution is 2.32. The fourth-order valence-corrected chi connectivity index (χ4v) is 2.79. The van der Waals surface area contributed by atoms with Crippen molar-refractivity contribution in [1.29, 1.82) is 0 Å². The lowest BCUT2D eigenvalue weighted by atomic mass is 9.76. The molecule has 1 aliphatic rings. The molecule has 0 spiro atoms. The van der Waals surface area contributed by atoms with E-state index in [1.165, 1.54) is 0 Å². The van der Waals surface area contributed by atoms with Crippen molar-refractivity contribution in [2.45, 2.75) is 51.6 Å². The Hall–Kier alpha value is -0.120. The van der Waals surface area contributed by atoms with E-state index in [4.69, 9.17) is 10.7 Å². The zero-order valence-corrected chi connectivity index (χ0v) is 9.18. The van der Waals surface area contributed by atoms with Gasteiger partial charge in [-0.3, -0.25) is 0 Å². The van der Waals surface area contributed by atoms with Crippen molar-refractivity contribution in [3.63, 3.8) is 0 Å². The topological polar surface area (TPSA) is 47.3 Å². The molecule has 13 heavy (non-hydrogen) atoms. The summed E-state index contributed by atoms with van der Waals surface area (Å²) in [6.45, 7) is 9.61. The lowest BCUT2D eigenvalue weighted by molar-refractivity contribution is 0.0407. The SMILES string of the molecule is CC1(C)CC(CON)CC(C)(C)N1. The molecule has 1 aliphatic heterocycles. The molecule has 3 nitrogen and oxygen atoms in total. The van der Waals surface area contributed by atoms with Crippen LogP contribution in [0.5, 0.6) is 0 Å². The van der Waals surface area contributed by atoms with Crippen LogP contribution in [0.1, 0.15) is 40.5 Å². The van der Waals surface area contributed by atoms with Crippen LogP contribution in [-0.4, -0.2) is 17.7 Å². The van der Waals surface area contributed by atoms with Crippen LogP contribution in [0.15, 0.2) is 0 Å². The molecule has 0 atom stereocenters. The largest absolute Gasteiger partial charge is 0.307 e. The van der Waals surface area contributed by atoms with E-state index >= 15 is 0 Å². The fraction of sp³-hybridized carbons (Fsp3) is 1.00. The van der Waals surface area contributed by atoms with E-state index in [0.29, 0.717) is 12.5 Å². The third-order valence-electron chi connectivity index (χ3n) is 2.61. The number of nitrogens with one attached hydrogen (secondary N) is 1. The molecular weight excluding hydrogens is 164 g/mol. The van der Waals surface area contributed by atoms with Gasteiger partial charge in [0, 0.05) is 11.1 Å². The number of piperidine rings is 1. The summed E-state index contributed by atoms with van der Waals surface area (Å²) < 4.78 is 0. The first-order valence-electron chi connectivity index (χ1n) is 4.96. The van der Waals surface area contributed by atoms with Crippen molar-refractivity contribution in [3.05, 3.63) is 0 Å². The number of rotatable bonds is 2. The minimum absolute atomic E-state index is 0.199. The first-order valence-corrected chi connectivity index (χ1v) is 4.96. The zero-order chi connectivity index (χ0) is 10.1. The molecule has 0 amide bonds. The summed E-state index contributed by atoms with van der Waals surface area (Å²) >= 11 is 0. The molecular formula is C10H22N2O. The Morgan fingerprint density at radius 1 is 1.23 bits per heavy atom. The normalized spacial score (nSPS) is 27.5. The standard InChI is InChI=1S/C10H22N2O/c1-9(2)5-8(7-13-11)6-10(3,4)12-9/h8,12H,5-7,11H2,1-4H3. The first kappa shape index (κ1) is 11.0. The minimum atomic E-state index is 0.199. The monoisotopic (exact) mass is 186 g/mol. The number of hydrogen-bond donors (Lipinski definition) is 2. The second kappa shape index (κ2) is 3.56. The summed E-state index contributed by atoms with van der Waals surface area (Å²) in [5.41, 5.74) is 0.399. The molecule has 0 aliphatic carbocycles. The van der Waals surface area contributed by atoms with Gasteiger partial charge in [0.05, 0.1) is 6.61 Å². The van der Waals surface area contributed by atoms with Crippen LogP contribution in [0, 0.1) is 5.92 Å². The number of nitrogens with two attached hydrogens (primary N) is 1. The van der Waals surface area contributed by atoms with Gasteiger partial charge >= 0.3 is 0 Å². The van der Waals surface area contributed by atoms with Crippen LogP contribution in [0.3, 0.4) is 0 Å². The van der Waals surface area contributed by atoms with E-state index in [-0.39, 0.29) is 11.1 Å². The molecule has 1 fully saturated rings. The molecule has 3 N–H and O–H groups in total. The van der Waals surface area contributed by atoms with Crippen molar-refractivity contribution in [2.75, 3.05) is 6.61 Å². The summed E-state index contributed by atoms with van der Waals surface area (Å²) in [6.07, 6.45) is 2.27. The highest BCUT2D eigenvalue weighted by atomic mass is 16.6. The van der Waals surface area contributed by atoms with E-state index in [2.05, 4.69) is 33.0 Å². The molecule has 1 heterocycles. The Kier molecular flexibility index (Phi) is 3.00. The molecule has 3 heteroatoms. The van der Waals surface area contributed by atoms with Gasteiger partial charge in [-0.15, -0.1) is 0 Å². The molecule has 0 unspecified atom stereocenters. The lowest BCUT2D eigenvalue weighted by Crippen LogP contribution is -2.58. The third-order valence-corrected chi connectivity index (χ3v) is 2.61. The minimum Gasteiger partial charge on any atom is -0.307 e. The van der Waals surface area contributed by atoms with Crippen LogP contribution in [0.4, 0.5) is 0 Å². The Balaban J connectivity index is 2.61. The van der Waals surface area contributed by atoms with Crippen molar-refractivity contribution in [1.82, 2.24) is 5.32 Å². The lowest BCUT2D eigenvalue weighted by Gasteiger charge is -2.46. The predicted molar refractivity (Wildman–Crippen MR) is 54.2 cm³/mol. The zero-order valence-electron chi connectivity index (χ0n) is 9.18. The second-order valence-corrected chi connectivity index (χ2v) is 5.50. The van der Waals surface area contributed by atoms with Gasteiger partial charge in [0.25, 0.3) is 0 Å². The Morgan fingerprint density at radius 3 is 2.08 bits per heavy atom. The summed E-state index contributed by atoms with van der Waals surface area (Å²) in [5, 5.41) is 3.62. The van der Waals surface area contributed by atoms with Gasteiger partial charge < -0.3 is 10.2 Å². The molecule has 0 bridgehead atoms.